The van der Waals surface area contributed by atoms with Crippen molar-refractivity contribution >= 4 is 22.5 Å². The van der Waals surface area contributed by atoms with Crippen LogP contribution < -0.4 is 5.32 Å². The summed E-state index contributed by atoms with van der Waals surface area (Å²) in [7, 11) is 0. The zero-order chi connectivity index (χ0) is 27.0. The topological polar surface area (TPSA) is 107 Å². The second-order valence-electron chi connectivity index (χ2n) is 9.08. The molecule has 194 valence electrons. The second kappa shape index (κ2) is 9.75. The summed E-state index contributed by atoms with van der Waals surface area (Å²) in [5.74, 6) is -1.93. The Kier molecular flexibility index (Phi) is 6.45. The SMILES string of the molecule is C=CC(F)(F)Cn1cc(-c2nc(-n3cnc4cc(Nc5ccc(C)nn5)ccc43)ccc2C(C)O)c(C)n1. The summed E-state index contributed by atoms with van der Waals surface area (Å²) in [6.45, 7) is 7.77. The highest BCUT2D eigenvalue weighted by Gasteiger charge is 2.26. The van der Waals surface area contributed by atoms with E-state index in [0.29, 0.717) is 40.2 Å². The van der Waals surface area contributed by atoms with Gasteiger partial charge in [-0.2, -0.15) is 19.0 Å². The second-order valence-corrected chi connectivity index (χ2v) is 9.08. The fourth-order valence-corrected chi connectivity index (χ4v) is 4.15. The van der Waals surface area contributed by atoms with Crippen molar-refractivity contribution in [1.29, 1.82) is 0 Å². The summed E-state index contributed by atoms with van der Waals surface area (Å²) in [5, 5.41) is 26.1. The number of aryl methyl sites for hydroxylation is 2. The van der Waals surface area contributed by atoms with Gasteiger partial charge in [0.05, 0.1) is 34.2 Å². The van der Waals surface area contributed by atoms with Gasteiger partial charge in [-0.1, -0.05) is 12.6 Å². The fraction of sp³-hybridized carbons (Fsp3) is 0.222. The van der Waals surface area contributed by atoms with Gasteiger partial charge in [-0.25, -0.2) is 9.97 Å². The van der Waals surface area contributed by atoms with E-state index in [4.69, 9.17) is 4.98 Å². The maximum absolute atomic E-state index is 13.9. The Morgan fingerprint density at radius 3 is 2.66 bits per heavy atom. The van der Waals surface area contributed by atoms with Crippen LogP contribution in [0.15, 0.2) is 67.6 Å². The van der Waals surface area contributed by atoms with Crippen molar-refractivity contribution in [2.24, 2.45) is 0 Å². The molecule has 4 heterocycles. The van der Waals surface area contributed by atoms with Gasteiger partial charge in [-0.3, -0.25) is 9.25 Å². The van der Waals surface area contributed by atoms with E-state index < -0.39 is 18.6 Å². The molecule has 0 saturated carbocycles. The van der Waals surface area contributed by atoms with E-state index in [1.165, 1.54) is 10.9 Å². The molecule has 0 spiro atoms. The van der Waals surface area contributed by atoms with Crippen molar-refractivity contribution in [3.63, 3.8) is 0 Å². The smallest absolute Gasteiger partial charge is 0.285 e. The fourth-order valence-electron chi connectivity index (χ4n) is 4.15. The molecule has 38 heavy (non-hydrogen) atoms. The van der Waals surface area contributed by atoms with Crippen LogP contribution >= 0.6 is 0 Å². The number of aromatic nitrogens is 7. The third kappa shape index (κ3) is 5.00. The highest BCUT2D eigenvalue weighted by Crippen LogP contribution is 2.31. The lowest BCUT2D eigenvalue weighted by Gasteiger charge is -2.14. The number of anilines is 2. The number of benzene rings is 1. The van der Waals surface area contributed by atoms with Crippen LogP contribution in [0.5, 0.6) is 0 Å². The molecule has 5 aromatic rings. The molecule has 0 amide bonds. The molecular formula is C27H26F2N8O. The molecule has 4 aromatic heterocycles. The largest absolute Gasteiger partial charge is 0.389 e. The van der Waals surface area contributed by atoms with Gasteiger partial charge in [-0.05, 0) is 63.2 Å². The first-order chi connectivity index (χ1) is 18.1. The zero-order valence-corrected chi connectivity index (χ0v) is 21.1. The van der Waals surface area contributed by atoms with Gasteiger partial charge in [0.25, 0.3) is 5.92 Å². The monoisotopic (exact) mass is 516 g/mol. The molecule has 1 atom stereocenters. The molecule has 0 aliphatic heterocycles. The van der Waals surface area contributed by atoms with Crippen LogP contribution in [0.3, 0.4) is 0 Å². The Balaban J connectivity index is 1.52. The molecule has 1 aromatic carbocycles. The van der Waals surface area contributed by atoms with Crippen molar-refractivity contribution in [2.45, 2.75) is 39.3 Å². The number of imidazole rings is 1. The van der Waals surface area contributed by atoms with Gasteiger partial charge < -0.3 is 10.4 Å². The average molecular weight is 517 g/mol. The Morgan fingerprint density at radius 1 is 1.13 bits per heavy atom. The highest BCUT2D eigenvalue weighted by molar-refractivity contribution is 5.82. The van der Waals surface area contributed by atoms with Crippen molar-refractivity contribution in [1.82, 2.24) is 34.5 Å². The summed E-state index contributed by atoms with van der Waals surface area (Å²) in [6, 6.07) is 13.0. The standard InChI is InChI=1S/C27H26F2N8O/c1-5-27(28,29)14-36-13-21(17(3)35-36)26-20(18(4)38)8-11-25(32-26)37-15-30-22-12-19(7-9-23(22)37)31-24-10-6-16(2)33-34-24/h5-13,15,18,38H,1,14H2,2-4H3,(H,31,34). The van der Waals surface area contributed by atoms with Gasteiger partial charge in [0, 0.05) is 23.0 Å². The minimum absolute atomic E-state index is 0.459. The van der Waals surface area contributed by atoms with E-state index in [0.717, 1.165) is 22.4 Å². The Morgan fingerprint density at radius 2 is 1.95 bits per heavy atom. The lowest BCUT2D eigenvalue weighted by molar-refractivity contribution is 0.0327. The van der Waals surface area contributed by atoms with Crippen LogP contribution in [-0.2, 0) is 6.54 Å². The molecule has 0 aliphatic carbocycles. The quantitative estimate of drug-likeness (QED) is 0.269. The predicted octanol–water partition coefficient (Wildman–Crippen LogP) is 5.31. The van der Waals surface area contributed by atoms with Gasteiger partial charge in [0.2, 0.25) is 0 Å². The van der Waals surface area contributed by atoms with E-state index in [9.17, 15) is 13.9 Å². The number of aliphatic hydroxyl groups is 1. The number of nitrogens with one attached hydrogen (secondary N) is 1. The van der Waals surface area contributed by atoms with Crippen molar-refractivity contribution in [3.8, 4) is 17.1 Å². The summed E-state index contributed by atoms with van der Waals surface area (Å²) < 4.78 is 30.8. The van der Waals surface area contributed by atoms with E-state index in [1.54, 1.807) is 32.3 Å². The maximum atomic E-state index is 13.9. The number of nitrogens with zero attached hydrogens (tertiary/aromatic N) is 7. The zero-order valence-electron chi connectivity index (χ0n) is 21.1. The first-order valence-electron chi connectivity index (χ1n) is 11.9. The molecule has 5 rings (SSSR count). The number of hydrogen-bond acceptors (Lipinski definition) is 7. The number of allylic oxidation sites excluding steroid dienone is 1. The third-order valence-electron chi connectivity index (χ3n) is 6.10. The Hall–Kier alpha value is -4.51. The molecular weight excluding hydrogens is 490 g/mol. The molecule has 1 unspecified atom stereocenters. The molecule has 0 saturated heterocycles. The first kappa shape index (κ1) is 25.2. The number of rotatable bonds is 8. The summed E-state index contributed by atoms with van der Waals surface area (Å²) >= 11 is 0. The van der Waals surface area contributed by atoms with Gasteiger partial charge in [-0.15, -0.1) is 5.10 Å². The third-order valence-corrected chi connectivity index (χ3v) is 6.10. The normalized spacial score (nSPS) is 12.6. The minimum Gasteiger partial charge on any atom is -0.389 e. The van der Waals surface area contributed by atoms with Gasteiger partial charge in [0.15, 0.2) is 5.82 Å². The number of aliphatic hydroxyl groups excluding tert-OH is 1. The lowest BCUT2D eigenvalue weighted by atomic mass is 10.0. The average Bonchev–Trinajstić information content (AvgIpc) is 3.47. The van der Waals surface area contributed by atoms with Crippen LogP contribution in [0.25, 0.3) is 28.1 Å². The molecule has 11 heteroatoms. The molecule has 0 radical (unpaired) electrons. The van der Waals surface area contributed by atoms with E-state index in [2.05, 4.69) is 32.2 Å². The summed E-state index contributed by atoms with van der Waals surface area (Å²) in [5.41, 5.74) is 5.26. The summed E-state index contributed by atoms with van der Waals surface area (Å²) in [4.78, 5) is 9.35. The van der Waals surface area contributed by atoms with E-state index >= 15 is 0 Å². The predicted molar refractivity (Wildman–Crippen MR) is 141 cm³/mol. The molecule has 0 bridgehead atoms. The number of halogens is 2. The van der Waals surface area contributed by atoms with Crippen LogP contribution in [-0.4, -0.2) is 45.5 Å². The van der Waals surface area contributed by atoms with Gasteiger partial charge >= 0.3 is 0 Å². The highest BCUT2D eigenvalue weighted by atomic mass is 19.3. The Bertz CT molecular complexity index is 1620. The number of pyridine rings is 1. The number of alkyl halides is 2. The van der Waals surface area contributed by atoms with Crippen LogP contribution in [0.2, 0.25) is 0 Å². The van der Waals surface area contributed by atoms with E-state index in [-0.39, 0.29) is 0 Å². The maximum Gasteiger partial charge on any atom is 0.285 e. The minimum atomic E-state index is -3.10. The van der Waals surface area contributed by atoms with Crippen molar-refractivity contribution in [3.05, 3.63) is 84.6 Å². The molecule has 9 nitrogen and oxygen atoms in total. The van der Waals surface area contributed by atoms with Crippen molar-refractivity contribution in [2.75, 3.05) is 5.32 Å². The molecule has 0 aliphatic rings. The van der Waals surface area contributed by atoms with Crippen molar-refractivity contribution < 1.29 is 13.9 Å². The first-order valence-corrected chi connectivity index (χ1v) is 11.9. The summed E-state index contributed by atoms with van der Waals surface area (Å²) in [6.07, 6.45) is 2.95. The lowest BCUT2D eigenvalue weighted by Crippen LogP contribution is -2.21. The molecule has 0 fully saturated rings. The Labute approximate surface area is 217 Å². The molecule has 2 N–H and O–H groups in total. The van der Waals surface area contributed by atoms with Gasteiger partial charge in [0.1, 0.15) is 18.7 Å². The van der Waals surface area contributed by atoms with Crippen LogP contribution in [0.1, 0.15) is 30.0 Å². The van der Waals surface area contributed by atoms with Crippen LogP contribution in [0, 0.1) is 13.8 Å². The number of hydrogen-bond donors (Lipinski definition) is 2. The number of fused-ring (bicyclic) bond motifs is 1. The van der Waals surface area contributed by atoms with E-state index in [1.807, 2.05) is 41.8 Å². The van der Waals surface area contributed by atoms with Crippen LogP contribution in [0.4, 0.5) is 20.3 Å².